The van der Waals surface area contributed by atoms with Crippen molar-refractivity contribution in [3.8, 4) is 33.6 Å². The van der Waals surface area contributed by atoms with Gasteiger partial charge in [0.1, 0.15) is 11.3 Å². The molecular weight excluding hydrogens is 464 g/mol. The molecular formula is C29H32N6O2. The average Bonchev–Trinajstić information content (AvgIpc) is 3.55. The van der Waals surface area contributed by atoms with Gasteiger partial charge in [0.15, 0.2) is 0 Å². The highest BCUT2D eigenvalue weighted by atomic mass is 16.6. The first-order valence-electron chi connectivity index (χ1n) is 12.5. The van der Waals surface area contributed by atoms with Crippen molar-refractivity contribution < 1.29 is 4.92 Å². The van der Waals surface area contributed by atoms with Crippen LogP contribution in [-0.2, 0) is 13.1 Å². The van der Waals surface area contributed by atoms with Crippen molar-refractivity contribution in [2.45, 2.75) is 33.9 Å². The molecule has 2 aromatic carbocycles. The van der Waals surface area contributed by atoms with E-state index in [1.807, 2.05) is 43.8 Å². The van der Waals surface area contributed by atoms with Gasteiger partial charge < -0.3 is 9.88 Å². The third-order valence-electron chi connectivity index (χ3n) is 6.00. The second-order valence-electron chi connectivity index (χ2n) is 8.79. The summed E-state index contributed by atoms with van der Waals surface area (Å²) in [6, 6.07) is 19.2. The number of aromatic nitrogens is 4. The maximum absolute atomic E-state index is 11.4. The summed E-state index contributed by atoms with van der Waals surface area (Å²) in [5, 5.41) is 17.1. The zero-order valence-electron chi connectivity index (χ0n) is 21.9. The van der Waals surface area contributed by atoms with Crippen LogP contribution in [-0.4, -0.2) is 43.7 Å². The summed E-state index contributed by atoms with van der Waals surface area (Å²) in [6.45, 7) is 7.60. The van der Waals surface area contributed by atoms with Crippen LogP contribution in [0.15, 0.2) is 73.1 Å². The summed E-state index contributed by atoms with van der Waals surface area (Å²) < 4.78 is 1.85. The number of rotatable bonds is 7. The number of pyridine rings is 1. The van der Waals surface area contributed by atoms with E-state index in [2.05, 4.69) is 59.3 Å². The highest BCUT2D eigenvalue weighted by molar-refractivity contribution is 5.99. The van der Waals surface area contributed by atoms with Crippen LogP contribution in [0.1, 0.15) is 26.3 Å². The normalized spacial score (nSPS) is 11.0. The number of H-pyrrole nitrogens is 1. The van der Waals surface area contributed by atoms with Gasteiger partial charge in [0.2, 0.25) is 0 Å². The molecule has 0 unspecified atom stereocenters. The van der Waals surface area contributed by atoms with Crippen molar-refractivity contribution in [2.75, 3.05) is 14.1 Å². The molecule has 3 aromatic heterocycles. The molecule has 0 aliphatic heterocycles. The Labute approximate surface area is 216 Å². The Morgan fingerprint density at radius 1 is 1.00 bits per heavy atom. The molecule has 0 saturated heterocycles. The number of aryl methyl sites for hydroxylation is 1. The van der Waals surface area contributed by atoms with E-state index in [9.17, 15) is 10.1 Å². The lowest BCUT2D eigenvalue weighted by Gasteiger charge is -2.09. The fourth-order valence-electron chi connectivity index (χ4n) is 4.33. The molecule has 5 rings (SSSR count). The maximum atomic E-state index is 11.4. The summed E-state index contributed by atoms with van der Waals surface area (Å²) in [7, 11) is 4.11. The Morgan fingerprint density at radius 2 is 1.76 bits per heavy atom. The summed E-state index contributed by atoms with van der Waals surface area (Å²) in [6.07, 6.45) is 3.77. The zero-order chi connectivity index (χ0) is 26.5. The van der Waals surface area contributed by atoms with Gasteiger partial charge in [-0.1, -0.05) is 50.2 Å². The number of nitrogens with one attached hydrogen (secondary N) is 1. The predicted octanol–water partition coefficient (Wildman–Crippen LogP) is 6.78. The second-order valence-corrected chi connectivity index (χ2v) is 8.79. The van der Waals surface area contributed by atoms with Crippen LogP contribution >= 0.6 is 0 Å². The predicted molar refractivity (Wildman–Crippen MR) is 149 cm³/mol. The molecule has 37 heavy (non-hydrogen) atoms. The van der Waals surface area contributed by atoms with Gasteiger partial charge in [0.25, 0.3) is 5.69 Å². The van der Waals surface area contributed by atoms with Crippen LogP contribution in [0.5, 0.6) is 0 Å². The standard InChI is InChI=1S/C27H26N6O2.C2H6/c1-4-32-17-24(26(30-32)20-6-5-7-21(14-20)33(34)35)22-12-13-28-27-23(22)15-25(29-27)19-10-8-18(9-11-19)16-31(2)3;1-2/h5-15,17H,4,16H2,1-3H3,(H,28,29);1-2H3. The number of hydrogen-bond donors (Lipinski definition) is 1. The fraction of sp³-hybridized carbons (Fsp3) is 0.241. The number of nitrogens with zero attached hydrogens (tertiary/aromatic N) is 5. The first-order chi connectivity index (χ1) is 17.9. The summed E-state index contributed by atoms with van der Waals surface area (Å²) in [5.41, 5.74) is 7.44. The van der Waals surface area contributed by atoms with Crippen LogP contribution in [0.4, 0.5) is 5.69 Å². The van der Waals surface area contributed by atoms with Crippen LogP contribution in [0, 0.1) is 10.1 Å². The molecule has 0 fully saturated rings. The molecule has 8 heteroatoms. The molecule has 1 N–H and O–H groups in total. The van der Waals surface area contributed by atoms with Gasteiger partial charge in [-0.3, -0.25) is 14.8 Å². The number of nitro benzene ring substituents is 1. The van der Waals surface area contributed by atoms with Crippen molar-refractivity contribution in [3.05, 3.63) is 88.7 Å². The molecule has 5 aromatic rings. The van der Waals surface area contributed by atoms with E-state index < -0.39 is 0 Å². The smallest absolute Gasteiger partial charge is 0.270 e. The Morgan fingerprint density at radius 3 is 2.43 bits per heavy atom. The molecule has 0 aliphatic carbocycles. The van der Waals surface area contributed by atoms with Gasteiger partial charge in [-0.05, 0) is 49.8 Å². The van der Waals surface area contributed by atoms with E-state index in [1.54, 1.807) is 18.3 Å². The lowest BCUT2D eigenvalue weighted by molar-refractivity contribution is -0.384. The number of non-ortho nitro benzene ring substituents is 1. The maximum Gasteiger partial charge on any atom is 0.270 e. The molecule has 3 heterocycles. The minimum atomic E-state index is -0.382. The van der Waals surface area contributed by atoms with Crippen LogP contribution < -0.4 is 0 Å². The summed E-state index contributed by atoms with van der Waals surface area (Å²) in [4.78, 5) is 21.1. The molecule has 0 radical (unpaired) electrons. The van der Waals surface area contributed by atoms with E-state index >= 15 is 0 Å². The largest absolute Gasteiger partial charge is 0.339 e. The topological polar surface area (TPSA) is 92.9 Å². The van der Waals surface area contributed by atoms with Gasteiger partial charge >= 0.3 is 0 Å². The SMILES string of the molecule is CC.CCn1cc(-c2ccnc3[nH]c(-c4ccc(CN(C)C)cc4)cc23)c(-c2cccc([N+](=O)[O-])c2)n1. The lowest BCUT2D eigenvalue weighted by Crippen LogP contribution is -2.10. The van der Waals surface area contributed by atoms with Crippen molar-refractivity contribution in [1.29, 1.82) is 0 Å². The fourth-order valence-corrected chi connectivity index (χ4v) is 4.33. The Kier molecular flexibility index (Phi) is 7.79. The zero-order valence-corrected chi connectivity index (χ0v) is 21.9. The van der Waals surface area contributed by atoms with E-state index in [-0.39, 0.29) is 10.6 Å². The highest BCUT2D eigenvalue weighted by Gasteiger charge is 2.19. The molecule has 8 nitrogen and oxygen atoms in total. The van der Waals surface area contributed by atoms with Crippen molar-refractivity contribution >= 4 is 16.7 Å². The number of nitro groups is 1. The Balaban J connectivity index is 0.00000156. The quantitative estimate of drug-likeness (QED) is 0.198. The van der Waals surface area contributed by atoms with Crippen LogP contribution in [0.2, 0.25) is 0 Å². The van der Waals surface area contributed by atoms with Crippen molar-refractivity contribution in [1.82, 2.24) is 24.6 Å². The minimum absolute atomic E-state index is 0.0426. The van der Waals surface area contributed by atoms with E-state index in [0.717, 1.165) is 40.0 Å². The van der Waals surface area contributed by atoms with Crippen molar-refractivity contribution in [2.24, 2.45) is 0 Å². The molecule has 0 spiro atoms. The summed E-state index contributed by atoms with van der Waals surface area (Å²) >= 11 is 0. The third-order valence-corrected chi connectivity index (χ3v) is 6.00. The number of aromatic amines is 1. The molecule has 190 valence electrons. The second kappa shape index (κ2) is 11.2. The minimum Gasteiger partial charge on any atom is -0.339 e. The van der Waals surface area contributed by atoms with E-state index in [4.69, 9.17) is 5.10 Å². The van der Waals surface area contributed by atoms with Gasteiger partial charge in [-0.15, -0.1) is 0 Å². The first kappa shape index (κ1) is 25.8. The van der Waals surface area contributed by atoms with Gasteiger partial charge in [0, 0.05) is 59.8 Å². The van der Waals surface area contributed by atoms with E-state index in [0.29, 0.717) is 17.8 Å². The molecule has 0 aliphatic rings. The first-order valence-corrected chi connectivity index (χ1v) is 12.5. The lowest BCUT2D eigenvalue weighted by atomic mass is 9.99. The number of benzene rings is 2. The van der Waals surface area contributed by atoms with Crippen LogP contribution in [0.3, 0.4) is 0 Å². The number of hydrogen-bond acceptors (Lipinski definition) is 5. The van der Waals surface area contributed by atoms with Crippen molar-refractivity contribution in [3.63, 3.8) is 0 Å². The molecule has 0 amide bonds. The Hall–Kier alpha value is -4.30. The Bertz CT molecular complexity index is 1520. The highest BCUT2D eigenvalue weighted by Crippen LogP contribution is 2.37. The molecule has 0 bridgehead atoms. The van der Waals surface area contributed by atoms with Gasteiger partial charge in [-0.2, -0.15) is 5.10 Å². The van der Waals surface area contributed by atoms with Crippen LogP contribution in [0.25, 0.3) is 44.7 Å². The number of fused-ring (bicyclic) bond motifs is 1. The monoisotopic (exact) mass is 496 g/mol. The molecule has 0 saturated carbocycles. The van der Waals surface area contributed by atoms with Gasteiger partial charge in [-0.25, -0.2) is 4.98 Å². The third kappa shape index (κ3) is 5.44. The van der Waals surface area contributed by atoms with Gasteiger partial charge in [0.05, 0.1) is 4.92 Å². The molecule has 0 atom stereocenters. The summed E-state index contributed by atoms with van der Waals surface area (Å²) in [5.74, 6) is 0. The van der Waals surface area contributed by atoms with E-state index in [1.165, 1.54) is 11.6 Å². The average molecular weight is 497 g/mol.